The van der Waals surface area contributed by atoms with Crippen molar-refractivity contribution in [1.29, 1.82) is 0 Å². The standard InChI is InChI=1S/C11H13ClN2O3/c1-7(2)6-13-11(15)9-4-3-8(14(16)17)5-10(9)12/h3-5,7H,6H2,1-2H3,(H,13,15). The van der Waals surface area contributed by atoms with Crippen molar-refractivity contribution in [3.8, 4) is 0 Å². The molecule has 17 heavy (non-hydrogen) atoms. The zero-order chi connectivity index (χ0) is 13.0. The molecule has 0 saturated carbocycles. The van der Waals surface area contributed by atoms with Gasteiger partial charge in [-0.05, 0) is 12.0 Å². The first-order valence-corrected chi connectivity index (χ1v) is 5.51. The van der Waals surface area contributed by atoms with Crippen molar-refractivity contribution >= 4 is 23.2 Å². The van der Waals surface area contributed by atoms with E-state index in [0.717, 1.165) is 0 Å². The molecule has 92 valence electrons. The molecule has 0 aliphatic carbocycles. The number of amides is 1. The van der Waals surface area contributed by atoms with Gasteiger partial charge >= 0.3 is 0 Å². The van der Waals surface area contributed by atoms with Crippen LogP contribution in [-0.4, -0.2) is 17.4 Å². The van der Waals surface area contributed by atoms with E-state index in [2.05, 4.69) is 5.32 Å². The first-order valence-electron chi connectivity index (χ1n) is 5.14. The average Bonchev–Trinajstić information content (AvgIpc) is 2.25. The molecular formula is C11H13ClN2O3. The molecule has 1 rings (SSSR count). The number of rotatable bonds is 4. The maximum atomic E-state index is 11.7. The van der Waals surface area contributed by atoms with Gasteiger partial charge in [-0.2, -0.15) is 0 Å². The molecule has 0 spiro atoms. The molecule has 0 atom stereocenters. The Hall–Kier alpha value is -1.62. The number of nitro benzene ring substituents is 1. The minimum absolute atomic E-state index is 0.0838. The van der Waals surface area contributed by atoms with E-state index in [1.807, 2.05) is 13.8 Å². The topological polar surface area (TPSA) is 72.2 Å². The van der Waals surface area contributed by atoms with E-state index < -0.39 is 4.92 Å². The number of nitrogens with zero attached hydrogens (tertiary/aromatic N) is 1. The van der Waals surface area contributed by atoms with Crippen molar-refractivity contribution < 1.29 is 9.72 Å². The lowest BCUT2D eigenvalue weighted by molar-refractivity contribution is -0.384. The van der Waals surface area contributed by atoms with Crippen molar-refractivity contribution in [3.63, 3.8) is 0 Å². The lowest BCUT2D eigenvalue weighted by Gasteiger charge is -2.08. The summed E-state index contributed by atoms with van der Waals surface area (Å²) >= 11 is 5.82. The first-order chi connectivity index (χ1) is 7.91. The van der Waals surface area contributed by atoms with Gasteiger partial charge in [0.05, 0.1) is 15.5 Å². The molecule has 1 aromatic carbocycles. The third kappa shape index (κ3) is 3.71. The van der Waals surface area contributed by atoms with Crippen LogP contribution >= 0.6 is 11.6 Å². The van der Waals surface area contributed by atoms with Gasteiger partial charge in [-0.15, -0.1) is 0 Å². The van der Waals surface area contributed by atoms with Crippen LogP contribution in [0.4, 0.5) is 5.69 Å². The number of non-ortho nitro benzene ring substituents is 1. The van der Waals surface area contributed by atoms with Crippen LogP contribution in [0.1, 0.15) is 24.2 Å². The van der Waals surface area contributed by atoms with Gasteiger partial charge in [0, 0.05) is 18.7 Å². The van der Waals surface area contributed by atoms with Gasteiger partial charge < -0.3 is 5.32 Å². The molecule has 1 amide bonds. The number of nitrogens with one attached hydrogen (secondary N) is 1. The van der Waals surface area contributed by atoms with Gasteiger partial charge in [0.15, 0.2) is 0 Å². The van der Waals surface area contributed by atoms with Crippen LogP contribution in [-0.2, 0) is 0 Å². The van der Waals surface area contributed by atoms with Gasteiger partial charge in [-0.3, -0.25) is 14.9 Å². The summed E-state index contributed by atoms with van der Waals surface area (Å²) in [7, 11) is 0. The van der Waals surface area contributed by atoms with Crippen LogP contribution in [0.2, 0.25) is 5.02 Å². The smallest absolute Gasteiger partial charge is 0.270 e. The van der Waals surface area contributed by atoms with Gasteiger partial charge in [0.2, 0.25) is 0 Å². The Morgan fingerprint density at radius 2 is 2.18 bits per heavy atom. The Bertz CT molecular complexity index is 446. The molecule has 0 unspecified atom stereocenters. The number of carbonyl (C=O) groups excluding carboxylic acids is 1. The van der Waals surface area contributed by atoms with Crippen LogP contribution in [0.25, 0.3) is 0 Å². The van der Waals surface area contributed by atoms with Crippen LogP contribution in [0.15, 0.2) is 18.2 Å². The van der Waals surface area contributed by atoms with Crippen molar-refractivity contribution in [2.24, 2.45) is 5.92 Å². The Labute approximate surface area is 104 Å². The lowest BCUT2D eigenvalue weighted by atomic mass is 10.1. The normalized spacial score (nSPS) is 10.4. The Kier molecular flexibility index (Phi) is 4.45. The van der Waals surface area contributed by atoms with Crippen LogP contribution in [0.5, 0.6) is 0 Å². The van der Waals surface area contributed by atoms with Crippen LogP contribution in [0.3, 0.4) is 0 Å². The van der Waals surface area contributed by atoms with E-state index in [1.54, 1.807) is 0 Å². The fraction of sp³-hybridized carbons (Fsp3) is 0.364. The lowest BCUT2D eigenvalue weighted by Crippen LogP contribution is -2.27. The third-order valence-electron chi connectivity index (χ3n) is 2.08. The van der Waals surface area contributed by atoms with E-state index in [9.17, 15) is 14.9 Å². The molecule has 5 nitrogen and oxygen atoms in total. The van der Waals surface area contributed by atoms with Crippen LogP contribution in [0, 0.1) is 16.0 Å². The highest BCUT2D eigenvalue weighted by Crippen LogP contribution is 2.22. The van der Waals surface area contributed by atoms with Crippen molar-refractivity contribution in [1.82, 2.24) is 5.32 Å². The summed E-state index contributed by atoms with van der Waals surface area (Å²) in [5.74, 6) is 0.00868. The summed E-state index contributed by atoms with van der Waals surface area (Å²) in [4.78, 5) is 21.6. The van der Waals surface area contributed by atoms with E-state index >= 15 is 0 Å². The monoisotopic (exact) mass is 256 g/mol. The average molecular weight is 257 g/mol. The highest BCUT2D eigenvalue weighted by molar-refractivity contribution is 6.34. The molecule has 0 saturated heterocycles. The molecule has 0 fully saturated rings. The molecule has 0 aliphatic rings. The molecule has 0 radical (unpaired) electrons. The fourth-order valence-corrected chi connectivity index (χ4v) is 1.45. The van der Waals surface area contributed by atoms with E-state index in [4.69, 9.17) is 11.6 Å². The van der Waals surface area contributed by atoms with E-state index in [1.165, 1.54) is 18.2 Å². The molecule has 1 aromatic rings. The predicted molar refractivity (Wildman–Crippen MR) is 65.3 cm³/mol. The van der Waals surface area contributed by atoms with Crippen molar-refractivity contribution in [2.45, 2.75) is 13.8 Å². The second-order valence-electron chi connectivity index (χ2n) is 4.03. The number of hydrogen-bond acceptors (Lipinski definition) is 3. The molecule has 0 heterocycles. The van der Waals surface area contributed by atoms with Crippen molar-refractivity contribution in [3.05, 3.63) is 38.9 Å². The first kappa shape index (κ1) is 13.4. The highest BCUT2D eigenvalue weighted by atomic mass is 35.5. The SMILES string of the molecule is CC(C)CNC(=O)c1ccc([N+](=O)[O-])cc1Cl. The molecule has 1 N–H and O–H groups in total. The number of benzene rings is 1. The van der Waals surface area contributed by atoms with E-state index in [-0.39, 0.29) is 22.2 Å². The van der Waals surface area contributed by atoms with Crippen LogP contribution < -0.4 is 5.32 Å². The maximum Gasteiger partial charge on any atom is 0.270 e. The minimum Gasteiger partial charge on any atom is -0.352 e. The molecule has 0 aliphatic heterocycles. The summed E-state index contributed by atoms with van der Waals surface area (Å²) < 4.78 is 0. The third-order valence-corrected chi connectivity index (χ3v) is 2.39. The molecular weight excluding hydrogens is 244 g/mol. The fourth-order valence-electron chi connectivity index (χ4n) is 1.19. The Morgan fingerprint density at radius 1 is 1.53 bits per heavy atom. The van der Waals surface area contributed by atoms with Gasteiger partial charge in [-0.25, -0.2) is 0 Å². The summed E-state index contributed by atoms with van der Waals surface area (Å²) in [5.41, 5.74) is 0.119. The predicted octanol–water partition coefficient (Wildman–Crippen LogP) is 2.63. The molecule has 0 aromatic heterocycles. The minimum atomic E-state index is -0.554. The summed E-state index contributed by atoms with van der Waals surface area (Å²) in [6, 6.07) is 3.79. The summed E-state index contributed by atoms with van der Waals surface area (Å²) in [6.07, 6.45) is 0. The second kappa shape index (κ2) is 5.63. The number of carbonyl (C=O) groups is 1. The Morgan fingerprint density at radius 3 is 2.65 bits per heavy atom. The molecule has 0 bridgehead atoms. The van der Waals surface area contributed by atoms with Crippen molar-refractivity contribution in [2.75, 3.05) is 6.54 Å². The van der Waals surface area contributed by atoms with Gasteiger partial charge in [0.1, 0.15) is 0 Å². The maximum absolute atomic E-state index is 11.7. The zero-order valence-corrected chi connectivity index (χ0v) is 10.3. The van der Waals surface area contributed by atoms with E-state index in [0.29, 0.717) is 12.5 Å². The second-order valence-corrected chi connectivity index (χ2v) is 4.43. The largest absolute Gasteiger partial charge is 0.352 e. The van der Waals surface area contributed by atoms with Gasteiger partial charge in [0.25, 0.3) is 11.6 Å². The number of hydrogen-bond donors (Lipinski definition) is 1. The highest BCUT2D eigenvalue weighted by Gasteiger charge is 2.14. The van der Waals surface area contributed by atoms with Gasteiger partial charge in [-0.1, -0.05) is 25.4 Å². The number of nitro groups is 1. The summed E-state index contributed by atoms with van der Waals surface area (Å²) in [6.45, 7) is 4.47. The Balaban J connectivity index is 2.85. The molecule has 6 heteroatoms. The number of halogens is 1. The summed E-state index contributed by atoms with van der Waals surface area (Å²) in [5, 5.41) is 13.3. The zero-order valence-electron chi connectivity index (χ0n) is 9.57. The quantitative estimate of drug-likeness (QED) is 0.665.